The second-order valence-corrected chi connectivity index (χ2v) is 4.97. The fourth-order valence-electron chi connectivity index (χ4n) is 1.79. The molecule has 2 nitrogen and oxygen atoms in total. The average Bonchev–Trinajstić information content (AvgIpc) is 2.56. The van der Waals surface area contributed by atoms with Gasteiger partial charge in [0.1, 0.15) is 0 Å². The van der Waals surface area contributed by atoms with Crippen LogP contribution in [0.15, 0.2) is 29.2 Å². The summed E-state index contributed by atoms with van der Waals surface area (Å²) in [5.41, 5.74) is 6.66. The molecule has 0 amide bonds. The fraction of sp³-hybridized carbons (Fsp3) is 0.455. The van der Waals surface area contributed by atoms with Crippen molar-refractivity contribution in [2.75, 3.05) is 5.73 Å². The number of benzene rings is 1. The number of thioether (sulfide) groups is 1. The van der Waals surface area contributed by atoms with E-state index in [-0.39, 0.29) is 6.10 Å². The lowest BCUT2D eigenvalue weighted by Gasteiger charge is -2.14. The third-order valence-corrected chi connectivity index (χ3v) is 4.09. The summed E-state index contributed by atoms with van der Waals surface area (Å²) in [5.74, 6) is 0. The third kappa shape index (κ3) is 2.04. The predicted octanol–water partition coefficient (Wildman–Crippen LogP) is 2.27. The molecule has 0 heterocycles. The highest BCUT2D eigenvalue weighted by atomic mass is 32.2. The number of para-hydroxylation sites is 1. The topological polar surface area (TPSA) is 46.2 Å². The van der Waals surface area contributed by atoms with Gasteiger partial charge >= 0.3 is 0 Å². The summed E-state index contributed by atoms with van der Waals surface area (Å²) in [6.45, 7) is 0. The highest BCUT2D eigenvalue weighted by molar-refractivity contribution is 8.00. The van der Waals surface area contributed by atoms with Crippen LogP contribution in [0.1, 0.15) is 19.3 Å². The number of aliphatic hydroxyl groups is 1. The van der Waals surface area contributed by atoms with Crippen molar-refractivity contribution < 1.29 is 5.11 Å². The van der Waals surface area contributed by atoms with Crippen LogP contribution in [0.3, 0.4) is 0 Å². The van der Waals surface area contributed by atoms with Crippen molar-refractivity contribution in [2.45, 2.75) is 35.5 Å². The minimum atomic E-state index is -0.153. The first-order valence-electron chi connectivity index (χ1n) is 4.96. The number of hydrogen-bond donors (Lipinski definition) is 2. The van der Waals surface area contributed by atoms with Crippen molar-refractivity contribution in [1.82, 2.24) is 0 Å². The summed E-state index contributed by atoms with van der Waals surface area (Å²) in [5, 5.41) is 10.0. The molecular formula is C11H15NOS. The zero-order chi connectivity index (χ0) is 9.97. The van der Waals surface area contributed by atoms with Gasteiger partial charge in [0.2, 0.25) is 0 Å². The van der Waals surface area contributed by atoms with Gasteiger partial charge in [0, 0.05) is 15.8 Å². The van der Waals surface area contributed by atoms with E-state index < -0.39 is 0 Å². The molecule has 1 saturated carbocycles. The van der Waals surface area contributed by atoms with Gasteiger partial charge in [-0.1, -0.05) is 12.1 Å². The predicted molar refractivity (Wildman–Crippen MR) is 60.4 cm³/mol. The van der Waals surface area contributed by atoms with Gasteiger partial charge in [0.15, 0.2) is 0 Å². The second-order valence-electron chi connectivity index (χ2n) is 3.69. The minimum absolute atomic E-state index is 0.153. The molecule has 0 aliphatic heterocycles. The Bertz CT molecular complexity index is 316. The van der Waals surface area contributed by atoms with Crippen molar-refractivity contribution in [3.05, 3.63) is 24.3 Å². The van der Waals surface area contributed by atoms with Gasteiger partial charge in [-0.15, -0.1) is 11.8 Å². The van der Waals surface area contributed by atoms with E-state index in [2.05, 4.69) is 0 Å². The summed E-state index contributed by atoms with van der Waals surface area (Å²) in [4.78, 5) is 1.10. The van der Waals surface area contributed by atoms with Gasteiger partial charge < -0.3 is 10.8 Å². The van der Waals surface area contributed by atoms with Gasteiger partial charge in [-0.25, -0.2) is 0 Å². The Morgan fingerprint density at radius 2 is 2.07 bits per heavy atom. The molecule has 1 aliphatic carbocycles. The largest absolute Gasteiger partial charge is 0.398 e. The van der Waals surface area contributed by atoms with Gasteiger partial charge in [-0.05, 0) is 31.4 Å². The van der Waals surface area contributed by atoms with Crippen LogP contribution in [0, 0.1) is 0 Å². The zero-order valence-corrected chi connectivity index (χ0v) is 8.83. The number of aliphatic hydroxyl groups excluding tert-OH is 1. The summed E-state index contributed by atoms with van der Waals surface area (Å²) in [7, 11) is 0. The van der Waals surface area contributed by atoms with Gasteiger partial charge in [0.25, 0.3) is 0 Å². The highest BCUT2D eigenvalue weighted by Gasteiger charge is 2.26. The minimum Gasteiger partial charge on any atom is -0.398 e. The number of nitrogens with two attached hydrogens (primary N) is 1. The summed E-state index contributed by atoms with van der Waals surface area (Å²) in [6, 6.07) is 7.85. The maximum absolute atomic E-state index is 9.68. The average molecular weight is 209 g/mol. The number of anilines is 1. The molecule has 2 atom stereocenters. The second kappa shape index (κ2) is 4.24. The van der Waals surface area contributed by atoms with E-state index in [1.54, 1.807) is 11.8 Å². The van der Waals surface area contributed by atoms with E-state index in [9.17, 15) is 5.11 Å². The van der Waals surface area contributed by atoms with Crippen molar-refractivity contribution in [1.29, 1.82) is 0 Å². The molecule has 1 aromatic rings. The van der Waals surface area contributed by atoms with E-state index in [1.807, 2.05) is 24.3 Å². The summed E-state index contributed by atoms with van der Waals surface area (Å²) in [6.07, 6.45) is 3.01. The lowest BCUT2D eigenvalue weighted by atomic mass is 10.3. The first-order chi connectivity index (χ1) is 6.77. The normalized spacial score (nSPS) is 26.6. The van der Waals surface area contributed by atoms with Crippen LogP contribution in [0.4, 0.5) is 5.69 Å². The van der Waals surface area contributed by atoms with Gasteiger partial charge in [-0.2, -0.15) is 0 Å². The van der Waals surface area contributed by atoms with Crippen LogP contribution in [-0.4, -0.2) is 16.5 Å². The number of rotatable bonds is 2. The molecule has 0 aromatic heterocycles. The van der Waals surface area contributed by atoms with E-state index in [1.165, 1.54) is 0 Å². The molecule has 1 fully saturated rings. The molecule has 2 rings (SSSR count). The van der Waals surface area contributed by atoms with Crippen LogP contribution >= 0.6 is 11.8 Å². The van der Waals surface area contributed by atoms with Crippen molar-refractivity contribution in [3.63, 3.8) is 0 Å². The van der Waals surface area contributed by atoms with Crippen molar-refractivity contribution in [2.24, 2.45) is 0 Å². The summed E-state index contributed by atoms with van der Waals surface area (Å²) >= 11 is 1.71. The Morgan fingerprint density at radius 1 is 1.29 bits per heavy atom. The maximum atomic E-state index is 9.68. The molecule has 1 aromatic carbocycles. The van der Waals surface area contributed by atoms with Crippen LogP contribution in [-0.2, 0) is 0 Å². The third-order valence-electron chi connectivity index (χ3n) is 2.62. The standard InChI is InChI=1S/C11H15NOS/c12-8-4-1-2-6-10(8)14-11-7-3-5-9(11)13/h1-2,4,6,9,11,13H,3,5,7,12H2/t9-,11-/m1/s1. The molecule has 3 N–H and O–H groups in total. The van der Waals surface area contributed by atoms with Gasteiger partial charge in [0.05, 0.1) is 6.10 Å². The van der Waals surface area contributed by atoms with Crippen LogP contribution < -0.4 is 5.73 Å². The molecule has 0 unspecified atom stereocenters. The van der Waals surface area contributed by atoms with Crippen molar-refractivity contribution >= 4 is 17.4 Å². The zero-order valence-electron chi connectivity index (χ0n) is 8.02. The number of hydrogen-bond acceptors (Lipinski definition) is 3. The van der Waals surface area contributed by atoms with Gasteiger partial charge in [-0.3, -0.25) is 0 Å². The molecule has 3 heteroatoms. The molecule has 0 radical (unpaired) electrons. The molecule has 0 spiro atoms. The Kier molecular flexibility index (Phi) is 2.99. The van der Waals surface area contributed by atoms with Crippen LogP contribution in [0.5, 0.6) is 0 Å². The van der Waals surface area contributed by atoms with Crippen molar-refractivity contribution in [3.8, 4) is 0 Å². The Morgan fingerprint density at radius 3 is 2.71 bits per heavy atom. The number of nitrogen functional groups attached to an aromatic ring is 1. The molecular weight excluding hydrogens is 194 g/mol. The molecule has 1 aliphatic rings. The van der Waals surface area contributed by atoms with E-state index >= 15 is 0 Å². The quantitative estimate of drug-likeness (QED) is 0.734. The van der Waals surface area contributed by atoms with E-state index in [4.69, 9.17) is 5.73 Å². The first kappa shape index (κ1) is 9.87. The Balaban J connectivity index is 2.07. The maximum Gasteiger partial charge on any atom is 0.0662 e. The first-order valence-corrected chi connectivity index (χ1v) is 5.84. The Labute approximate surface area is 88.5 Å². The van der Waals surface area contributed by atoms with Crippen LogP contribution in [0.25, 0.3) is 0 Å². The Hall–Kier alpha value is -0.670. The summed E-state index contributed by atoms with van der Waals surface area (Å²) < 4.78 is 0. The monoisotopic (exact) mass is 209 g/mol. The highest BCUT2D eigenvalue weighted by Crippen LogP contribution is 2.37. The van der Waals surface area contributed by atoms with E-state index in [0.717, 1.165) is 29.8 Å². The fourth-order valence-corrected chi connectivity index (χ4v) is 3.06. The van der Waals surface area contributed by atoms with Crippen LogP contribution in [0.2, 0.25) is 0 Å². The molecule has 76 valence electrons. The van der Waals surface area contributed by atoms with E-state index in [0.29, 0.717) is 5.25 Å². The molecule has 14 heavy (non-hydrogen) atoms. The molecule has 0 saturated heterocycles. The SMILES string of the molecule is Nc1ccccc1S[C@@H]1CCC[C@H]1O. The lowest BCUT2D eigenvalue weighted by molar-refractivity contribution is 0.188. The lowest BCUT2D eigenvalue weighted by Crippen LogP contribution is -2.15. The molecule has 0 bridgehead atoms. The smallest absolute Gasteiger partial charge is 0.0662 e.